The third-order valence-electron chi connectivity index (χ3n) is 3.60. The van der Waals surface area contributed by atoms with Crippen molar-refractivity contribution in [2.45, 2.75) is 24.7 Å². The summed E-state index contributed by atoms with van der Waals surface area (Å²) >= 11 is 0. The number of nitrogens with one attached hydrogen (secondary N) is 1. The van der Waals surface area contributed by atoms with E-state index in [9.17, 15) is 18.0 Å². The molecule has 0 atom stereocenters. The molecule has 0 aliphatic heterocycles. The fourth-order valence-corrected chi connectivity index (χ4v) is 2.67. The van der Waals surface area contributed by atoms with Crippen LogP contribution in [-0.4, -0.2) is 58.5 Å². The maximum atomic E-state index is 11.7. The Morgan fingerprint density at radius 3 is 2.36 bits per heavy atom. The number of nitrogens with two attached hydrogens (primary N) is 1. The summed E-state index contributed by atoms with van der Waals surface area (Å²) in [4.78, 5) is 25.0. The van der Waals surface area contributed by atoms with Crippen LogP contribution in [0.25, 0.3) is 0 Å². The molecule has 0 spiro atoms. The highest BCUT2D eigenvalue weighted by atomic mass is 32.2. The molecule has 0 bridgehead atoms. The lowest BCUT2D eigenvalue weighted by molar-refractivity contribution is -0.129. The van der Waals surface area contributed by atoms with E-state index < -0.39 is 10.0 Å². The molecule has 8 nitrogen and oxygen atoms in total. The molecule has 0 aromatic heterocycles. The molecule has 0 unspecified atom stereocenters. The molecule has 9 heteroatoms. The Hall–Kier alpha value is -1.97. The van der Waals surface area contributed by atoms with Gasteiger partial charge in [0.2, 0.25) is 21.8 Å². The number of benzene rings is 1. The predicted molar refractivity (Wildman–Crippen MR) is 93.3 cm³/mol. The molecule has 0 fully saturated rings. The summed E-state index contributed by atoms with van der Waals surface area (Å²) in [5.74, 6) is -0.258. The van der Waals surface area contributed by atoms with Gasteiger partial charge in [-0.1, -0.05) is 12.1 Å². The average molecular weight is 371 g/mol. The number of carbonyl (C=O) groups excluding carboxylic acids is 2. The van der Waals surface area contributed by atoms with E-state index >= 15 is 0 Å². The van der Waals surface area contributed by atoms with Crippen molar-refractivity contribution in [2.75, 3.05) is 33.4 Å². The van der Waals surface area contributed by atoms with E-state index in [1.165, 1.54) is 19.1 Å². The predicted octanol–water partition coefficient (Wildman–Crippen LogP) is -0.122. The third-order valence-corrected chi connectivity index (χ3v) is 4.53. The van der Waals surface area contributed by atoms with Gasteiger partial charge < -0.3 is 15.0 Å². The number of ether oxygens (including phenoxy) is 1. The van der Waals surface area contributed by atoms with Crippen LogP contribution in [0.15, 0.2) is 29.2 Å². The van der Waals surface area contributed by atoms with Gasteiger partial charge in [-0.2, -0.15) is 0 Å². The highest BCUT2D eigenvalue weighted by Gasteiger charge is 2.12. The molecule has 1 rings (SSSR count). The Balaban J connectivity index is 2.50. The molecule has 0 saturated heterocycles. The third kappa shape index (κ3) is 8.10. The maximum absolute atomic E-state index is 11.7. The average Bonchev–Trinajstić information content (AvgIpc) is 2.54. The van der Waals surface area contributed by atoms with Gasteiger partial charge in [-0.15, -0.1) is 0 Å². The molecular formula is C16H25N3O5S. The van der Waals surface area contributed by atoms with E-state index in [0.29, 0.717) is 32.7 Å². The summed E-state index contributed by atoms with van der Waals surface area (Å²) in [6.45, 7) is 3.09. The van der Waals surface area contributed by atoms with Gasteiger partial charge in [-0.05, 0) is 24.1 Å². The van der Waals surface area contributed by atoms with Crippen LogP contribution in [0.5, 0.6) is 0 Å². The summed E-state index contributed by atoms with van der Waals surface area (Å²) in [7, 11) is -2.16. The van der Waals surface area contributed by atoms with Crippen molar-refractivity contribution in [3.63, 3.8) is 0 Å². The Morgan fingerprint density at radius 2 is 1.84 bits per heavy atom. The normalized spacial score (nSPS) is 11.2. The molecule has 25 heavy (non-hydrogen) atoms. The van der Waals surface area contributed by atoms with Crippen LogP contribution in [0.4, 0.5) is 0 Å². The number of hydrogen-bond acceptors (Lipinski definition) is 5. The minimum absolute atomic E-state index is 0.0485. The van der Waals surface area contributed by atoms with E-state index in [1.54, 1.807) is 24.1 Å². The largest absolute Gasteiger partial charge is 0.383 e. The number of sulfonamides is 1. The minimum Gasteiger partial charge on any atom is -0.383 e. The Bertz CT molecular complexity index is 674. The zero-order valence-corrected chi connectivity index (χ0v) is 15.3. The van der Waals surface area contributed by atoms with Crippen LogP contribution in [0.2, 0.25) is 0 Å². The summed E-state index contributed by atoms with van der Waals surface area (Å²) < 4.78 is 27.3. The molecule has 3 N–H and O–H groups in total. The van der Waals surface area contributed by atoms with Crippen LogP contribution in [0.3, 0.4) is 0 Å². The van der Waals surface area contributed by atoms with E-state index in [0.717, 1.165) is 5.56 Å². The molecule has 0 saturated carbocycles. The van der Waals surface area contributed by atoms with Crippen molar-refractivity contribution >= 4 is 21.8 Å². The van der Waals surface area contributed by atoms with Crippen LogP contribution < -0.4 is 10.5 Å². The quantitative estimate of drug-likeness (QED) is 0.556. The van der Waals surface area contributed by atoms with Crippen molar-refractivity contribution in [1.29, 1.82) is 0 Å². The molecule has 1 aromatic carbocycles. The zero-order valence-electron chi connectivity index (χ0n) is 14.5. The first kappa shape index (κ1) is 21.1. The summed E-state index contributed by atoms with van der Waals surface area (Å²) in [5, 5.41) is 7.76. The molecule has 0 radical (unpaired) electrons. The van der Waals surface area contributed by atoms with Gasteiger partial charge in [0.1, 0.15) is 0 Å². The lowest BCUT2D eigenvalue weighted by atomic mass is 10.1. The van der Waals surface area contributed by atoms with E-state index in [-0.39, 0.29) is 23.1 Å². The molecule has 1 aromatic rings. The number of amides is 2. The summed E-state index contributed by atoms with van der Waals surface area (Å²) in [6.07, 6.45) is 0.767. The Labute approximate surface area is 148 Å². The summed E-state index contributed by atoms with van der Waals surface area (Å²) in [5.41, 5.74) is 0.878. The van der Waals surface area contributed by atoms with Crippen molar-refractivity contribution < 1.29 is 22.7 Å². The van der Waals surface area contributed by atoms with Crippen molar-refractivity contribution in [2.24, 2.45) is 5.14 Å². The second-order valence-corrected chi connectivity index (χ2v) is 7.10. The molecule has 0 aliphatic carbocycles. The van der Waals surface area contributed by atoms with Gasteiger partial charge in [0, 0.05) is 40.1 Å². The van der Waals surface area contributed by atoms with E-state index in [4.69, 9.17) is 9.88 Å². The topological polar surface area (TPSA) is 119 Å². The van der Waals surface area contributed by atoms with E-state index in [2.05, 4.69) is 5.32 Å². The second kappa shape index (κ2) is 10.1. The van der Waals surface area contributed by atoms with Gasteiger partial charge in [-0.3, -0.25) is 9.59 Å². The molecule has 140 valence electrons. The molecule has 0 aliphatic rings. The van der Waals surface area contributed by atoms with Crippen LogP contribution >= 0.6 is 0 Å². The van der Waals surface area contributed by atoms with Crippen molar-refractivity contribution in [1.82, 2.24) is 10.2 Å². The van der Waals surface area contributed by atoms with Gasteiger partial charge >= 0.3 is 0 Å². The standard InChI is InChI=1S/C16H25N3O5S/c1-13(20)19(11-8-16(21)18-9-12-24-2)10-7-14-3-5-15(6-4-14)25(17,22)23/h3-6H,7-12H2,1-2H3,(H,18,21)(H2,17,22,23). The van der Waals surface area contributed by atoms with Gasteiger partial charge in [0.05, 0.1) is 11.5 Å². The van der Waals surface area contributed by atoms with Crippen molar-refractivity contribution in [3.8, 4) is 0 Å². The fourth-order valence-electron chi connectivity index (χ4n) is 2.15. The van der Waals surface area contributed by atoms with Gasteiger partial charge in [0.25, 0.3) is 0 Å². The van der Waals surface area contributed by atoms with Crippen LogP contribution in [0.1, 0.15) is 18.9 Å². The number of carbonyl (C=O) groups is 2. The monoisotopic (exact) mass is 371 g/mol. The Morgan fingerprint density at radius 1 is 1.20 bits per heavy atom. The highest BCUT2D eigenvalue weighted by Crippen LogP contribution is 2.10. The van der Waals surface area contributed by atoms with Crippen LogP contribution in [-0.2, 0) is 30.8 Å². The molecular weight excluding hydrogens is 346 g/mol. The Kier molecular flexibility index (Phi) is 8.53. The minimum atomic E-state index is -3.71. The molecule has 0 heterocycles. The smallest absolute Gasteiger partial charge is 0.238 e. The maximum Gasteiger partial charge on any atom is 0.238 e. The number of primary sulfonamides is 1. The number of rotatable bonds is 10. The number of hydrogen-bond donors (Lipinski definition) is 2. The van der Waals surface area contributed by atoms with Crippen molar-refractivity contribution in [3.05, 3.63) is 29.8 Å². The lowest BCUT2D eigenvalue weighted by Gasteiger charge is -2.21. The van der Waals surface area contributed by atoms with Crippen LogP contribution in [0, 0.1) is 0 Å². The zero-order chi connectivity index (χ0) is 18.9. The number of methoxy groups -OCH3 is 1. The summed E-state index contributed by atoms with van der Waals surface area (Å²) in [6, 6.07) is 6.20. The molecule has 2 amide bonds. The lowest BCUT2D eigenvalue weighted by Crippen LogP contribution is -2.36. The number of nitrogens with zero attached hydrogens (tertiary/aromatic N) is 1. The fraction of sp³-hybridized carbons (Fsp3) is 0.500. The first-order valence-corrected chi connectivity index (χ1v) is 9.41. The second-order valence-electron chi connectivity index (χ2n) is 5.54. The highest BCUT2D eigenvalue weighted by molar-refractivity contribution is 7.89. The first-order chi connectivity index (χ1) is 11.7. The SMILES string of the molecule is COCCNC(=O)CCN(CCc1ccc(S(N)(=O)=O)cc1)C(C)=O. The van der Waals surface area contributed by atoms with Gasteiger partial charge in [0.15, 0.2) is 0 Å². The van der Waals surface area contributed by atoms with E-state index in [1.807, 2.05) is 0 Å². The van der Waals surface area contributed by atoms with Gasteiger partial charge in [-0.25, -0.2) is 13.6 Å². The first-order valence-electron chi connectivity index (χ1n) is 7.87.